The van der Waals surface area contributed by atoms with E-state index in [1.807, 2.05) is 60.7 Å². The molecule has 12 nitrogen and oxygen atoms in total. The van der Waals surface area contributed by atoms with E-state index >= 15 is 0 Å². The number of aromatic hydroxyl groups is 1. The Labute approximate surface area is 429 Å². The molecule has 0 aliphatic heterocycles. The van der Waals surface area contributed by atoms with Gasteiger partial charge < -0.3 is 40.5 Å². The molecule has 0 bridgehead atoms. The molecule has 2 aromatic heterocycles. The predicted octanol–water partition coefficient (Wildman–Crippen LogP) is 12.4. The molecular weight excluding hydrogens is 927 g/mol. The van der Waals surface area contributed by atoms with Gasteiger partial charge in [-0.25, -0.2) is 14.4 Å². The van der Waals surface area contributed by atoms with E-state index in [9.17, 15) is 34.8 Å². The lowest BCUT2D eigenvalue weighted by molar-refractivity contribution is -0.646. The van der Waals surface area contributed by atoms with E-state index in [4.69, 9.17) is 0 Å². The average molecular weight is 982 g/mol. The standard InChI is InChI=1S/C26H28N3.C23H16O6.C13H12N2O/c1-19-17-21(20(2)29(19)24-9-7-6-8-10-24)11-13-23-14-12-22-18-25(27(3)4)15-16-26(22)28(23)5;24-20-16(14-7-3-1-5-12(14)9-18(20)22(26)27)11-17-15-8-4-2-6-13(15)10-19(21(17)25)23(28)29;16-13(14-11-7-3-1-4-8-11)15-12-9-5-2-6-10-12/h6-18H,1-5H3;1-10,24-25H,11H2,(H,26,27)(H,28,29);1-10H,(H2,14,15,16)/q+1;;/p-1. The normalized spacial score (nSPS) is 10.9. The fraction of sp³-hybridized carbons (Fsp3) is 0.0968. The Bertz CT molecular complexity index is 3560. The van der Waals surface area contributed by atoms with E-state index < -0.39 is 23.4 Å². The number of urea groups is 1. The SMILES string of the molecule is Cc1cc(C=Cc2ccc3cc(N(C)C)ccc3[n+]2C)c(C)n1-c1ccccc1.O=C(Nc1ccccc1)Nc1ccccc1.O=C(O)c1cc2ccccc2c(Cc2c(O)c(C(=O)O)cc3ccccc23)c1[O-]. The summed E-state index contributed by atoms with van der Waals surface area (Å²) in [7, 11) is 6.28. The Morgan fingerprint density at radius 3 is 1.70 bits per heavy atom. The zero-order chi connectivity index (χ0) is 52.5. The number of carbonyl (C=O) groups is 3. The number of nitrogens with one attached hydrogen (secondary N) is 2. The molecule has 0 fully saturated rings. The number of anilines is 3. The number of benzene rings is 8. The third kappa shape index (κ3) is 11.4. The van der Waals surface area contributed by atoms with Crippen molar-refractivity contribution in [2.75, 3.05) is 29.6 Å². The highest BCUT2D eigenvalue weighted by molar-refractivity contribution is 6.03. The Morgan fingerprint density at radius 2 is 1.14 bits per heavy atom. The summed E-state index contributed by atoms with van der Waals surface area (Å²) in [5.74, 6) is -3.71. The van der Waals surface area contributed by atoms with Crippen molar-refractivity contribution in [3.05, 3.63) is 233 Å². The van der Waals surface area contributed by atoms with Crippen LogP contribution in [-0.4, -0.2) is 52.0 Å². The minimum absolute atomic E-state index is 0.103. The monoisotopic (exact) mass is 981 g/mol. The van der Waals surface area contributed by atoms with Gasteiger partial charge in [0.1, 0.15) is 18.4 Å². The van der Waals surface area contributed by atoms with Crippen molar-refractivity contribution >= 4 is 79.6 Å². The Kier molecular flexibility index (Phi) is 15.5. The number of nitrogens with zero attached hydrogens (tertiary/aromatic N) is 3. The van der Waals surface area contributed by atoms with E-state index in [-0.39, 0.29) is 34.7 Å². The molecule has 0 atom stereocenters. The van der Waals surface area contributed by atoms with Gasteiger partial charge in [0.2, 0.25) is 11.2 Å². The second-order valence-corrected chi connectivity index (χ2v) is 17.8. The minimum Gasteiger partial charge on any atom is -0.872 e. The molecule has 2 heterocycles. The number of rotatable bonds is 10. The summed E-state index contributed by atoms with van der Waals surface area (Å²) in [6.07, 6.45) is 4.32. The van der Waals surface area contributed by atoms with Gasteiger partial charge in [-0.1, -0.05) is 109 Å². The lowest BCUT2D eigenvalue weighted by Gasteiger charge is -2.21. The second-order valence-electron chi connectivity index (χ2n) is 17.8. The first-order valence-corrected chi connectivity index (χ1v) is 23.8. The molecule has 0 spiro atoms. The molecule has 0 radical (unpaired) electrons. The van der Waals surface area contributed by atoms with Crippen LogP contribution in [0.3, 0.4) is 0 Å². The number of aryl methyl sites for hydroxylation is 2. The van der Waals surface area contributed by atoms with Gasteiger partial charge in [-0.2, -0.15) is 4.57 Å². The van der Waals surface area contributed by atoms with Crippen LogP contribution in [0.2, 0.25) is 0 Å². The van der Waals surface area contributed by atoms with Crippen LogP contribution >= 0.6 is 0 Å². The third-order valence-electron chi connectivity index (χ3n) is 12.7. The molecule has 10 rings (SSSR count). The molecule has 5 N–H and O–H groups in total. The number of hydrogen-bond acceptors (Lipinski definition) is 6. The number of carboxylic acids is 2. The minimum atomic E-state index is -1.34. The molecule has 2 amide bonds. The highest BCUT2D eigenvalue weighted by Gasteiger charge is 2.20. The van der Waals surface area contributed by atoms with Crippen LogP contribution in [0.4, 0.5) is 21.9 Å². The van der Waals surface area contributed by atoms with Crippen LogP contribution in [-0.2, 0) is 13.5 Å². The lowest BCUT2D eigenvalue weighted by atomic mass is 9.90. The molecule has 8 aromatic carbocycles. The first kappa shape index (κ1) is 50.7. The summed E-state index contributed by atoms with van der Waals surface area (Å²) in [5, 5.41) is 51.5. The quantitative estimate of drug-likeness (QED) is 0.0843. The van der Waals surface area contributed by atoms with Crippen molar-refractivity contribution in [3.8, 4) is 17.2 Å². The first-order chi connectivity index (χ1) is 35.7. The lowest BCUT2D eigenvalue weighted by Crippen LogP contribution is -2.32. The maximum atomic E-state index is 12.9. The number of carboxylic acid groups (broad SMARTS) is 2. The largest absolute Gasteiger partial charge is 0.872 e. The molecule has 0 aliphatic rings. The zero-order valence-corrected chi connectivity index (χ0v) is 41.6. The van der Waals surface area contributed by atoms with Gasteiger partial charge in [-0.15, -0.1) is 0 Å². The first-order valence-electron chi connectivity index (χ1n) is 23.8. The smallest absolute Gasteiger partial charge is 0.339 e. The average Bonchev–Trinajstić information content (AvgIpc) is 3.69. The molecular formula is C62H55N5O7. The highest BCUT2D eigenvalue weighted by Crippen LogP contribution is 2.38. The van der Waals surface area contributed by atoms with Gasteiger partial charge >= 0.3 is 18.0 Å². The highest BCUT2D eigenvalue weighted by atomic mass is 16.4. The van der Waals surface area contributed by atoms with Crippen LogP contribution in [0.5, 0.6) is 11.5 Å². The van der Waals surface area contributed by atoms with Gasteiger partial charge in [0, 0.05) is 83.8 Å². The van der Waals surface area contributed by atoms with Crippen molar-refractivity contribution in [2.45, 2.75) is 20.3 Å². The Morgan fingerprint density at radius 1 is 0.608 bits per heavy atom. The maximum absolute atomic E-state index is 12.9. The molecule has 0 saturated carbocycles. The topological polar surface area (TPSA) is 171 Å². The van der Waals surface area contributed by atoms with Crippen molar-refractivity contribution < 1.29 is 39.4 Å². The number of pyridine rings is 1. The number of phenols is 1. The van der Waals surface area contributed by atoms with Crippen molar-refractivity contribution in [1.82, 2.24) is 4.57 Å². The molecule has 12 heteroatoms. The summed E-state index contributed by atoms with van der Waals surface area (Å²) in [4.78, 5) is 36.9. The maximum Gasteiger partial charge on any atom is 0.339 e. The molecule has 370 valence electrons. The number of aromatic carboxylic acids is 2. The molecule has 0 unspecified atom stereocenters. The number of para-hydroxylation sites is 3. The summed E-state index contributed by atoms with van der Waals surface area (Å²) < 4.78 is 4.56. The van der Waals surface area contributed by atoms with Gasteiger partial charge in [-0.3, -0.25) is 0 Å². The molecule has 0 saturated heterocycles. The third-order valence-corrected chi connectivity index (χ3v) is 12.7. The fourth-order valence-corrected chi connectivity index (χ4v) is 8.96. The van der Waals surface area contributed by atoms with Crippen molar-refractivity contribution in [3.63, 3.8) is 0 Å². The number of fused-ring (bicyclic) bond motifs is 3. The second kappa shape index (κ2) is 22.6. The van der Waals surface area contributed by atoms with Crippen LogP contribution in [0.25, 0.3) is 50.3 Å². The van der Waals surface area contributed by atoms with Gasteiger partial charge in [-0.05, 0) is 125 Å². The van der Waals surface area contributed by atoms with E-state index in [0.717, 1.165) is 11.4 Å². The van der Waals surface area contributed by atoms with Gasteiger partial charge in [0.25, 0.3) is 0 Å². The van der Waals surface area contributed by atoms with Gasteiger partial charge in [0.05, 0.1) is 5.56 Å². The van der Waals surface area contributed by atoms with Crippen LogP contribution in [0.1, 0.15) is 54.5 Å². The van der Waals surface area contributed by atoms with E-state index in [2.05, 4.69) is 139 Å². The Hall–Kier alpha value is -9.68. The van der Waals surface area contributed by atoms with Crippen LogP contribution in [0, 0.1) is 13.8 Å². The van der Waals surface area contributed by atoms with E-state index in [1.165, 1.54) is 57.1 Å². The zero-order valence-electron chi connectivity index (χ0n) is 41.6. The summed E-state index contributed by atoms with van der Waals surface area (Å²) in [6, 6.07) is 58.7. The predicted molar refractivity (Wildman–Crippen MR) is 295 cm³/mol. The van der Waals surface area contributed by atoms with Crippen LogP contribution < -0.4 is 25.2 Å². The van der Waals surface area contributed by atoms with Crippen molar-refractivity contribution in [1.29, 1.82) is 0 Å². The summed E-state index contributed by atoms with van der Waals surface area (Å²) in [6.45, 7) is 4.35. The molecule has 74 heavy (non-hydrogen) atoms. The Balaban J connectivity index is 0.000000154. The van der Waals surface area contributed by atoms with E-state index in [1.54, 1.807) is 48.5 Å². The number of aromatic nitrogens is 2. The van der Waals surface area contributed by atoms with E-state index in [0.29, 0.717) is 21.5 Å². The molecule has 0 aliphatic carbocycles. The number of hydrogen-bond donors (Lipinski definition) is 5. The van der Waals surface area contributed by atoms with Crippen LogP contribution in [0.15, 0.2) is 188 Å². The summed E-state index contributed by atoms with van der Waals surface area (Å²) in [5.41, 5.74) is 9.95. The van der Waals surface area contributed by atoms with Crippen molar-refractivity contribution in [2.24, 2.45) is 7.05 Å². The number of carbonyl (C=O) groups excluding carboxylic acids is 1. The summed E-state index contributed by atoms with van der Waals surface area (Å²) >= 11 is 0. The molecule has 10 aromatic rings. The fourth-order valence-electron chi connectivity index (χ4n) is 8.96. The van der Waals surface area contributed by atoms with Gasteiger partial charge in [0.15, 0.2) is 0 Å². The number of amides is 2.